The maximum Gasteiger partial charge on any atom is 0.156 e. The van der Waals surface area contributed by atoms with Crippen LogP contribution in [0.5, 0.6) is 0 Å². The van der Waals surface area contributed by atoms with Crippen molar-refractivity contribution in [2.75, 3.05) is 5.75 Å². The molecule has 2 nitrogen and oxygen atoms in total. The van der Waals surface area contributed by atoms with E-state index in [1.807, 2.05) is 13.8 Å². The zero-order chi connectivity index (χ0) is 9.07. The molecule has 0 N–H and O–H groups in total. The zero-order valence-electron chi connectivity index (χ0n) is 7.59. The maximum absolute atomic E-state index is 11.2. The lowest BCUT2D eigenvalue weighted by atomic mass is 10.3. The van der Waals surface area contributed by atoms with Crippen molar-refractivity contribution >= 4 is 9.84 Å². The number of hydrogen-bond acceptors (Lipinski definition) is 2. The fourth-order valence-corrected chi connectivity index (χ4v) is 1.43. The predicted octanol–water partition coefficient (Wildman–Crippen LogP) is 1.78. The van der Waals surface area contributed by atoms with Gasteiger partial charge in [-0.25, -0.2) is 8.42 Å². The van der Waals surface area contributed by atoms with Gasteiger partial charge in [0.25, 0.3) is 0 Å². The van der Waals surface area contributed by atoms with Crippen molar-refractivity contribution < 1.29 is 8.42 Å². The molecule has 0 aliphatic heterocycles. The van der Waals surface area contributed by atoms with Crippen LogP contribution in [-0.2, 0) is 9.84 Å². The van der Waals surface area contributed by atoms with E-state index in [0.29, 0.717) is 0 Å². The summed E-state index contributed by atoms with van der Waals surface area (Å²) in [5.41, 5.74) is 1.05. The van der Waals surface area contributed by atoms with Gasteiger partial charge in [0.15, 0.2) is 9.84 Å². The molecule has 0 radical (unpaired) electrons. The van der Waals surface area contributed by atoms with Crippen LogP contribution in [-0.4, -0.2) is 19.4 Å². The summed E-state index contributed by atoms with van der Waals surface area (Å²) in [5, 5.41) is -0.266. The monoisotopic (exact) mass is 176 g/mol. The molecule has 0 saturated heterocycles. The largest absolute Gasteiger partial charge is 0.228 e. The number of hydrogen-bond donors (Lipinski definition) is 0. The topological polar surface area (TPSA) is 34.1 Å². The van der Waals surface area contributed by atoms with E-state index >= 15 is 0 Å². The molecular formula is C8H16O2S. The van der Waals surface area contributed by atoms with Crippen LogP contribution >= 0.6 is 0 Å². The Hall–Kier alpha value is -0.310. The highest BCUT2D eigenvalue weighted by atomic mass is 32.2. The highest BCUT2D eigenvalue weighted by Crippen LogP contribution is 2.02. The van der Waals surface area contributed by atoms with Crippen LogP contribution in [0.2, 0.25) is 0 Å². The Morgan fingerprint density at radius 1 is 1.36 bits per heavy atom. The van der Waals surface area contributed by atoms with Crippen molar-refractivity contribution in [1.29, 1.82) is 0 Å². The van der Waals surface area contributed by atoms with Gasteiger partial charge in [0.1, 0.15) is 0 Å². The highest BCUT2D eigenvalue weighted by Gasteiger charge is 2.13. The second-order valence-corrected chi connectivity index (χ2v) is 5.76. The molecule has 0 aromatic rings. The second-order valence-electron chi connectivity index (χ2n) is 3.16. The minimum absolute atomic E-state index is 0.174. The van der Waals surface area contributed by atoms with E-state index in [1.54, 1.807) is 19.9 Å². The molecule has 11 heavy (non-hydrogen) atoms. The van der Waals surface area contributed by atoms with Crippen molar-refractivity contribution in [2.24, 2.45) is 0 Å². The van der Waals surface area contributed by atoms with Crippen LogP contribution in [0, 0.1) is 0 Å². The lowest BCUT2D eigenvalue weighted by molar-refractivity contribution is 0.590. The average Bonchev–Trinajstić information content (AvgIpc) is 1.84. The molecule has 0 fully saturated rings. The summed E-state index contributed by atoms with van der Waals surface area (Å²) < 4.78 is 22.4. The molecule has 0 aliphatic carbocycles. The Balaban J connectivity index is 4.28. The summed E-state index contributed by atoms with van der Waals surface area (Å²) in [7, 11) is -2.87. The van der Waals surface area contributed by atoms with Crippen LogP contribution < -0.4 is 0 Å². The van der Waals surface area contributed by atoms with Gasteiger partial charge >= 0.3 is 0 Å². The van der Waals surface area contributed by atoms with Crippen molar-refractivity contribution in [3.05, 3.63) is 11.6 Å². The molecule has 0 spiro atoms. The fourth-order valence-electron chi connectivity index (χ4n) is 0.475. The summed E-state index contributed by atoms with van der Waals surface area (Å²) in [6.45, 7) is 7.20. The summed E-state index contributed by atoms with van der Waals surface area (Å²) in [4.78, 5) is 0. The van der Waals surface area contributed by atoms with E-state index in [1.165, 1.54) is 0 Å². The van der Waals surface area contributed by atoms with E-state index in [0.717, 1.165) is 5.57 Å². The van der Waals surface area contributed by atoms with Gasteiger partial charge in [0.2, 0.25) is 0 Å². The molecule has 0 saturated carbocycles. The van der Waals surface area contributed by atoms with Crippen molar-refractivity contribution in [2.45, 2.75) is 32.9 Å². The number of allylic oxidation sites excluding steroid dienone is 1. The first-order valence-electron chi connectivity index (χ1n) is 3.71. The van der Waals surface area contributed by atoms with E-state index in [-0.39, 0.29) is 11.0 Å². The first-order valence-corrected chi connectivity index (χ1v) is 5.42. The predicted molar refractivity (Wildman–Crippen MR) is 48.4 cm³/mol. The van der Waals surface area contributed by atoms with Crippen LogP contribution in [0.3, 0.4) is 0 Å². The van der Waals surface area contributed by atoms with Gasteiger partial charge in [-0.2, -0.15) is 0 Å². The van der Waals surface area contributed by atoms with Crippen LogP contribution in [0.1, 0.15) is 27.7 Å². The Kier molecular flexibility index (Phi) is 3.79. The lowest BCUT2D eigenvalue weighted by Gasteiger charge is -2.03. The SMILES string of the molecule is CC(C)=CCS(=O)(=O)C(C)C. The minimum atomic E-state index is -2.87. The molecule has 0 bridgehead atoms. The third kappa shape index (κ3) is 4.19. The third-order valence-electron chi connectivity index (χ3n) is 1.44. The normalized spacial score (nSPS) is 11.7. The van der Waals surface area contributed by atoms with E-state index in [9.17, 15) is 8.42 Å². The molecule has 3 heteroatoms. The number of sulfone groups is 1. The fraction of sp³-hybridized carbons (Fsp3) is 0.750. The van der Waals surface area contributed by atoms with Crippen LogP contribution in [0.4, 0.5) is 0 Å². The molecular weight excluding hydrogens is 160 g/mol. The molecule has 0 amide bonds. The van der Waals surface area contributed by atoms with Crippen molar-refractivity contribution in [3.63, 3.8) is 0 Å². The quantitative estimate of drug-likeness (QED) is 0.614. The Morgan fingerprint density at radius 2 is 1.82 bits per heavy atom. The van der Waals surface area contributed by atoms with Gasteiger partial charge in [-0.3, -0.25) is 0 Å². The number of rotatable bonds is 3. The molecule has 0 aliphatic rings. The first-order chi connectivity index (χ1) is 4.86. The van der Waals surface area contributed by atoms with Crippen LogP contribution in [0.15, 0.2) is 11.6 Å². The maximum atomic E-state index is 11.2. The van der Waals surface area contributed by atoms with Gasteiger partial charge in [-0.15, -0.1) is 0 Å². The van der Waals surface area contributed by atoms with E-state index in [4.69, 9.17) is 0 Å². The molecule has 0 aromatic carbocycles. The van der Waals surface area contributed by atoms with Gasteiger partial charge in [-0.05, 0) is 27.7 Å². The summed E-state index contributed by atoms with van der Waals surface area (Å²) >= 11 is 0. The highest BCUT2D eigenvalue weighted by molar-refractivity contribution is 7.92. The van der Waals surface area contributed by atoms with Crippen molar-refractivity contribution in [1.82, 2.24) is 0 Å². The minimum Gasteiger partial charge on any atom is -0.228 e. The summed E-state index contributed by atoms with van der Waals surface area (Å²) in [6, 6.07) is 0. The van der Waals surface area contributed by atoms with Gasteiger partial charge < -0.3 is 0 Å². The lowest BCUT2D eigenvalue weighted by Crippen LogP contribution is -2.16. The second kappa shape index (κ2) is 3.90. The van der Waals surface area contributed by atoms with E-state index in [2.05, 4.69) is 0 Å². The molecule has 0 atom stereocenters. The average molecular weight is 176 g/mol. The summed E-state index contributed by atoms with van der Waals surface area (Å²) in [5.74, 6) is 0.174. The third-order valence-corrected chi connectivity index (χ3v) is 3.51. The van der Waals surface area contributed by atoms with Crippen LogP contribution in [0.25, 0.3) is 0 Å². The van der Waals surface area contributed by atoms with Crippen molar-refractivity contribution in [3.8, 4) is 0 Å². The van der Waals surface area contributed by atoms with E-state index < -0.39 is 9.84 Å². The summed E-state index contributed by atoms with van der Waals surface area (Å²) in [6.07, 6.45) is 1.75. The smallest absolute Gasteiger partial charge is 0.156 e. The molecule has 66 valence electrons. The molecule has 0 heterocycles. The van der Waals surface area contributed by atoms with Gasteiger partial charge in [0, 0.05) is 0 Å². The molecule has 0 unspecified atom stereocenters. The first kappa shape index (κ1) is 10.7. The van der Waals surface area contributed by atoms with Gasteiger partial charge in [0.05, 0.1) is 11.0 Å². The Labute approximate surface area is 69.2 Å². The molecule has 0 rings (SSSR count). The Bertz CT molecular complexity index is 231. The standard InChI is InChI=1S/C8H16O2S/c1-7(2)5-6-11(9,10)8(3)4/h5,8H,6H2,1-4H3. The Morgan fingerprint density at radius 3 is 2.09 bits per heavy atom. The molecule has 0 aromatic heterocycles. The van der Waals surface area contributed by atoms with Gasteiger partial charge in [-0.1, -0.05) is 11.6 Å². The zero-order valence-corrected chi connectivity index (χ0v) is 8.40.